The van der Waals surface area contributed by atoms with Crippen molar-refractivity contribution in [3.8, 4) is 6.07 Å². The van der Waals surface area contributed by atoms with Crippen LogP contribution >= 0.6 is 0 Å². The van der Waals surface area contributed by atoms with Crippen molar-refractivity contribution in [1.82, 2.24) is 4.72 Å². The number of rotatable bonds is 4. The van der Waals surface area contributed by atoms with Gasteiger partial charge < -0.3 is 0 Å². The lowest BCUT2D eigenvalue weighted by molar-refractivity contribution is 0.326. The molecule has 1 N–H and O–H groups in total. The molecule has 1 aliphatic carbocycles. The number of hydrogen-bond acceptors (Lipinski definition) is 2. The molecule has 1 saturated carbocycles. The first-order valence-corrected chi connectivity index (χ1v) is 8.00. The maximum atomic E-state index is 12.2. The summed E-state index contributed by atoms with van der Waals surface area (Å²) in [5.74, 6) is 0.341. The maximum absolute atomic E-state index is 12.2. The smallest absolute Gasteiger partial charge is 0.126 e. The van der Waals surface area contributed by atoms with E-state index in [1.54, 1.807) is 0 Å². The summed E-state index contributed by atoms with van der Waals surface area (Å²) in [7, 11) is -1.30. The van der Waals surface area contributed by atoms with Gasteiger partial charge in [0.2, 0.25) is 0 Å². The van der Waals surface area contributed by atoms with E-state index in [-0.39, 0.29) is 6.04 Å². The summed E-state index contributed by atoms with van der Waals surface area (Å²) in [5, 5.41) is 9.27. The maximum Gasteiger partial charge on any atom is 0.126 e. The number of nitrogens with one attached hydrogen (secondary N) is 1. The highest BCUT2D eigenvalue weighted by atomic mass is 32.2. The first-order chi connectivity index (χ1) is 9.20. The standard InChI is InChI=1S/C15H20N2OS/c1-12-7-9-14(10-8-12)19(18)17-15(11-16)13-5-3-2-4-6-13/h7-10,13,15,17H,2-6H2,1H3/t15-,19+/m1/s1. The second-order valence-electron chi connectivity index (χ2n) is 5.20. The number of nitriles is 1. The van der Waals surface area contributed by atoms with Crippen LogP contribution in [0.4, 0.5) is 0 Å². The van der Waals surface area contributed by atoms with Gasteiger partial charge in [-0.1, -0.05) is 37.0 Å². The van der Waals surface area contributed by atoms with Crippen LogP contribution in [0.1, 0.15) is 37.7 Å². The summed E-state index contributed by atoms with van der Waals surface area (Å²) in [6.45, 7) is 2.00. The third-order valence-corrected chi connectivity index (χ3v) is 4.90. The molecule has 4 heteroatoms. The molecule has 0 heterocycles. The van der Waals surface area contributed by atoms with Gasteiger partial charge in [-0.25, -0.2) is 8.93 Å². The molecule has 1 aromatic rings. The first kappa shape index (κ1) is 14.2. The Hall–Kier alpha value is -1.18. The van der Waals surface area contributed by atoms with Crippen LogP contribution in [-0.4, -0.2) is 10.3 Å². The van der Waals surface area contributed by atoms with Crippen LogP contribution in [0.3, 0.4) is 0 Å². The van der Waals surface area contributed by atoms with Crippen LogP contribution in [0.15, 0.2) is 29.2 Å². The number of benzene rings is 1. The van der Waals surface area contributed by atoms with Crippen molar-refractivity contribution in [3.63, 3.8) is 0 Å². The molecule has 0 aromatic heterocycles. The zero-order valence-corrected chi connectivity index (χ0v) is 12.1. The fraction of sp³-hybridized carbons (Fsp3) is 0.533. The molecule has 19 heavy (non-hydrogen) atoms. The molecule has 0 spiro atoms. The summed E-state index contributed by atoms with van der Waals surface area (Å²) in [4.78, 5) is 0.738. The van der Waals surface area contributed by atoms with E-state index in [0.717, 1.165) is 23.3 Å². The lowest BCUT2D eigenvalue weighted by Gasteiger charge is -2.25. The molecule has 1 aromatic carbocycles. The fourth-order valence-corrected chi connectivity index (χ4v) is 3.54. The SMILES string of the molecule is Cc1ccc([S@](=O)N[C@H](C#N)C2CCCCC2)cc1. The lowest BCUT2D eigenvalue weighted by atomic mass is 9.85. The van der Waals surface area contributed by atoms with Gasteiger partial charge in [0.25, 0.3) is 0 Å². The minimum absolute atomic E-state index is 0.303. The van der Waals surface area contributed by atoms with Crippen LogP contribution < -0.4 is 4.72 Å². The molecule has 0 amide bonds. The second kappa shape index (κ2) is 6.83. The van der Waals surface area contributed by atoms with E-state index in [0.29, 0.717) is 5.92 Å². The normalized spacial score (nSPS) is 19.6. The Morgan fingerprint density at radius 2 is 1.89 bits per heavy atom. The lowest BCUT2D eigenvalue weighted by Crippen LogP contribution is -2.37. The molecule has 0 unspecified atom stereocenters. The zero-order valence-electron chi connectivity index (χ0n) is 11.3. The van der Waals surface area contributed by atoms with Gasteiger partial charge in [0, 0.05) is 0 Å². The molecular weight excluding hydrogens is 256 g/mol. The molecule has 1 fully saturated rings. The first-order valence-electron chi connectivity index (χ1n) is 6.85. The van der Waals surface area contributed by atoms with Crippen LogP contribution in [0, 0.1) is 24.2 Å². The summed E-state index contributed by atoms with van der Waals surface area (Å²) in [6, 6.07) is 9.57. The molecule has 2 atom stereocenters. The molecule has 102 valence electrons. The predicted molar refractivity (Wildman–Crippen MR) is 76.7 cm³/mol. The minimum Gasteiger partial charge on any atom is -0.237 e. The van der Waals surface area contributed by atoms with Crippen LogP contribution in [0.25, 0.3) is 0 Å². The summed E-state index contributed by atoms with van der Waals surface area (Å²) in [6.07, 6.45) is 5.76. The second-order valence-corrected chi connectivity index (χ2v) is 6.45. The van der Waals surface area contributed by atoms with Gasteiger partial charge in [-0.15, -0.1) is 0 Å². The van der Waals surface area contributed by atoms with Crippen molar-refractivity contribution in [2.24, 2.45) is 5.92 Å². The van der Waals surface area contributed by atoms with E-state index in [2.05, 4.69) is 10.8 Å². The van der Waals surface area contributed by atoms with Crippen LogP contribution in [-0.2, 0) is 11.0 Å². The van der Waals surface area contributed by atoms with Crippen molar-refractivity contribution in [2.45, 2.75) is 50.0 Å². The van der Waals surface area contributed by atoms with E-state index < -0.39 is 11.0 Å². The molecule has 0 saturated heterocycles. The Bertz CT molecular complexity index is 472. The van der Waals surface area contributed by atoms with Gasteiger partial charge in [-0.05, 0) is 37.8 Å². The molecular formula is C15H20N2OS. The summed E-state index contributed by atoms with van der Waals surface area (Å²) in [5.41, 5.74) is 1.14. The zero-order chi connectivity index (χ0) is 13.7. The third-order valence-electron chi connectivity index (χ3n) is 3.73. The van der Waals surface area contributed by atoms with Gasteiger partial charge in [0.1, 0.15) is 17.0 Å². The highest BCUT2D eigenvalue weighted by Gasteiger charge is 2.25. The topological polar surface area (TPSA) is 52.9 Å². The molecule has 3 nitrogen and oxygen atoms in total. The van der Waals surface area contributed by atoms with Crippen molar-refractivity contribution >= 4 is 11.0 Å². The quantitative estimate of drug-likeness (QED) is 0.918. The Morgan fingerprint density at radius 1 is 1.26 bits per heavy atom. The predicted octanol–water partition coefficient (Wildman–Crippen LogP) is 3.08. The molecule has 1 aliphatic rings. The van der Waals surface area contributed by atoms with Crippen LogP contribution in [0.2, 0.25) is 0 Å². The summed E-state index contributed by atoms with van der Waals surface area (Å²) < 4.78 is 15.2. The summed E-state index contributed by atoms with van der Waals surface area (Å²) >= 11 is 0. The van der Waals surface area contributed by atoms with E-state index in [4.69, 9.17) is 0 Å². The van der Waals surface area contributed by atoms with Crippen molar-refractivity contribution < 1.29 is 4.21 Å². The average Bonchev–Trinajstić information content (AvgIpc) is 2.46. The number of hydrogen-bond donors (Lipinski definition) is 1. The van der Waals surface area contributed by atoms with E-state index in [1.807, 2.05) is 31.2 Å². The van der Waals surface area contributed by atoms with Crippen molar-refractivity contribution in [1.29, 1.82) is 5.26 Å². The van der Waals surface area contributed by atoms with Gasteiger partial charge in [-0.2, -0.15) is 5.26 Å². The van der Waals surface area contributed by atoms with Gasteiger partial charge >= 0.3 is 0 Å². The number of nitrogens with zero attached hydrogens (tertiary/aromatic N) is 1. The Kier molecular flexibility index (Phi) is 5.12. The Labute approximate surface area is 117 Å². The van der Waals surface area contributed by atoms with Crippen LogP contribution in [0.5, 0.6) is 0 Å². The molecule has 0 aliphatic heterocycles. The minimum atomic E-state index is -1.30. The Morgan fingerprint density at radius 3 is 2.47 bits per heavy atom. The molecule has 0 bridgehead atoms. The van der Waals surface area contributed by atoms with E-state index >= 15 is 0 Å². The molecule has 0 radical (unpaired) electrons. The monoisotopic (exact) mass is 276 g/mol. The average molecular weight is 276 g/mol. The van der Waals surface area contributed by atoms with Gasteiger partial charge in [0.05, 0.1) is 11.0 Å². The third kappa shape index (κ3) is 3.89. The largest absolute Gasteiger partial charge is 0.237 e. The van der Waals surface area contributed by atoms with Crippen molar-refractivity contribution in [2.75, 3.05) is 0 Å². The van der Waals surface area contributed by atoms with Gasteiger partial charge in [-0.3, -0.25) is 0 Å². The highest BCUT2D eigenvalue weighted by Crippen LogP contribution is 2.26. The van der Waals surface area contributed by atoms with Gasteiger partial charge in [0.15, 0.2) is 0 Å². The van der Waals surface area contributed by atoms with Crippen molar-refractivity contribution in [3.05, 3.63) is 29.8 Å². The Balaban J connectivity index is 1.99. The number of aryl methyl sites for hydroxylation is 1. The fourth-order valence-electron chi connectivity index (χ4n) is 2.54. The highest BCUT2D eigenvalue weighted by molar-refractivity contribution is 7.83. The van der Waals surface area contributed by atoms with E-state index in [9.17, 15) is 9.47 Å². The molecule has 2 rings (SSSR count). The van der Waals surface area contributed by atoms with E-state index in [1.165, 1.54) is 19.3 Å².